The molecule has 122 valence electrons. The second-order valence-electron chi connectivity index (χ2n) is 4.71. The number of aromatic nitrogens is 2. The van der Waals surface area contributed by atoms with Gasteiger partial charge in [0, 0.05) is 20.5 Å². The summed E-state index contributed by atoms with van der Waals surface area (Å²) in [5.74, 6) is 1.04. The van der Waals surface area contributed by atoms with E-state index in [0.717, 1.165) is 5.56 Å². The zero-order valence-corrected chi connectivity index (χ0v) is 13.9. The molecule has 0 spiro atoms. The van der Waals surface area contributed by atoms with Crippen LogP contribution < -0.4 is 20.7 Å². The topological polar surface area (TPSA) is 88.2 Å². The molecule has 23 heavy (non-hydrogen) atoms. The monoisotopic (exact) mass is 335 g/mol. The lowest BCUT2D eigenvalue weighted by atomic mass is 10.1. The predicted molar refractivity (Wildman–Crippen MR) is 91.2 cm³/mol. The maximum atomic E-state index is 11.3. The minimum absolute atomic E-state index is 0.159. The molecule has 0 fully saturated rings. The fraction of sp³-hybridized carbons (Fsp3) is 0.267. The summed E-state index contributed by atoms with van der Waals surface area (Å²) in [6.07, 6.45) is 1.39. The van der Waals surface area contributed by atoms with E-state index >= 15 is 0 Å². The van der Waals surface area contributed by atoms with E-state index in [9.17, 15) is 4.79 Å². The molecule has 0 aliphatic heterocycles. The third kappa shape index (κ3) is 4.23. The first-order valence-electron chi connectivity index (χ1n) is 6.91. The van der Waals surface area contributed by atoms with Crippen molar-refractivity contribution in [1.29, 1.82) is 0 Å². The van der Waals surface area contributed by atoms with Gasteiger partial charge >= 0.3 is 0 Å². The van der Waals surface area contributed by atoms with Gasteiger partial charge in [0.2, 0.25) is 5.91 Å². The molecule has 0 bridgehead atoms. The molecule has 0 aliphatic rings. The highest BCUT2D eigenvalue weighted by atomic mass is 35.5. The fourth-order valence-corrected chi connectivity index (χ4v) is 2.29. The van der Waals surface area contributed by atoms with Gasteiger partial charge < -0.3 is 20.7 Å². The molecule has 0 unspecified atom stereocenters. The van der Waals surface area contributed by atoms with Crippen molar-refractivity contribution >= 4 is 34.7 Å². The highest BCUT2D eigenvalue weighted by molar-refractivity contribution is 6.32. The summed E-state index contributed by atoms with van der Waals surface area (Å²) in [5.41, 5.74) is 2.20. The molecule has 7 nitrogen and oxygen atoms in total. The van der Waals surface area contributed by atoms with Crippen LogP contribution in [0.4, 0.5) is 17.2 Å². The standard InChI is InChI=1S/C15H18ClN5O2/c1-9(22)21-11-6-10(4-5-12(11)23-3)7-18-15-13(17-2)14(16)19-8-20-15/h4-6,8,17H,7H2,1-3H3,(H,21,22)(H,18,19,20). The summed E-state index contributed by atoms with van der Waals surface area (Å²) < 4.78 is 5.23. The lowest BCUT2D eigenvalue weighted by Gasteiger charge is -2.13. The first kappa shape index (κ1) is 16.8. The van der Waals surface area contributed by atoms with Gasteiger partial charge in [0.15, 0.2) is 11.0 Å². The van der Waals surface area contributed by atoms with Crippen molar-refractivity contribution in [2.24, 2.45) is 0 Å². The minimum Gasteiger partial charge on any atom is -0.495 e. The average molecular weight is 336 g/mol. The molecule has 1 aromatic heterocycles. The van der Waals surface area contributed by atoms with Gasteiger partial charge in [0.05, 0.1) is 12.8 Å². The smallest absolute Gasteiger partial charge is 0.221 e. The van der Waals surface area contributed by atoms with Crippen LogP contribution in [0, 0.1) is 0 Å². The van der Waals surface area contributed by atoms with E-state index in [1.54, 1.807) is 20.2 Å². The number of anilines is 3. The highest BCUT2D eigenvalue weighted by Gasteiger charge is 2.09. The molecule has 1 heterocycles. The first-order chi connectivity index (χ1) is 11.0. The second kappa shape index (κ2) is 7.64. The molecular weight excluding hydrogens is 318 g/mol. The zero-order chi connectivity index (χ0) is 16.8. The van der Waals surface area contributed by atoms with Gasteiger partial charge in [-0.2, -0.15) is 0 Å². The Labute approximate surface area is 139 Å². The maximum absolute atomic E-state index is 11.3. The van der Waals surface area contributed by atoms with Gasteiger partial charge in [-0.25, -0.2) is 9.97 Å². The largest absolute Gasteiger partial charge is 0.495 e. The van der Waals surface area contributed by atoms with E-state index in [4.69, 9.17) is 16.3 Å². The molecule has 1 amide bonds. The third-order valence-electron chi connectivity index (χ3n) is 3.09. The quantitative estimate of drug-likeness (QED) is 0.703. The molecule has 1 aromatic carbocycles. The van der Waals surface area contributed by atoms with Crippen molar-refractivity contribution in [2.75, 3.05) is 30.1 Å². The van der Waals surface area contributed by atoms with Gasteiger partial charge in [0.25, 0.3) is 0 Å². The Bertz CT molecular complexity index is 708. The summed E-state index contributed by atoms with van der Waals surface area (Å²) in [6, 6.07) is 5.54. The van der Waals surface area contributed by atoms with E-state index in [1.165, 1.54) is 13.3 Å². The molecule has 0 atom stereocenters. The summed E-state index contributed by atoms with van der Waals surface area (Å²) >= 11 is 6.02. The third-order valence-corrected chi connectivity index (χ3v) is 3.37. The lowest BCUT2D eigenvalue weighted by Crippen LogP contribution is -2.09. The summed E-state index contributed by atoms with van der Waals surface area (Å²) in [4.78, 5) is 19.4. The Morgan fingerprint density at radius 2 is 2.13 bits per heavy atom. The van der Waals surface area contributed by atoms with Crippen molar-refractivity contribution in [2.45, 2.75) is 13.5 Å². The number of halogens is 1. The van der Waals surface area contributed by atoms with Gasteiger partial charge in [-0.3, -0.25) is 4.79 Å². The SMILES string of the molecule is CNc1c(Cl)ncnc1NCc1ccc(OC)c(NC(C)=O)c1. The number of carbonyl (C=O) groups excluding carboxylic acids is 1. The van der Waals surface area contributed by atoms with Crippen molar-refractivity contribution in [3.8, 4) is 5.75 Å². The van der Waals surface area contributed by atoms with Gasteiger partial charge in [0.1, 0.15) is 17.8 Å². The number of amides is 1. The van der Waals surface area contributed by atoms with Crippen LogP contribution in [0.3, 0.4) is 0 Å². The summed E-state index contributed by atoms with van der Waals surface area (Å²) in [6.45, 7) is 1.95. The van der Waals surface area contributed by atoms with E-state index in [2.05, 4.69) is 25.9 Å². The highest BCUT2D eigenvalue weighted by Crippen LogP contribution is 2.28. The normalized spacial score (nSPS) is 10.1. The molecule has 0 aliphatic carbocycles. The Morgan fingerprint density at radius 3 is 2.78 bits per heavy atom. The van der Waals surface area contributed by atoms with Crippen molar-refractivity contribution in [1.82, 2.24) is 9.97 Å². The van der Waals surface area contributed by atoms with Crippen LogP contribution >= 0.6 is 11.6 Å². The molecule has 0 saturated heterocycles. The van der Waals surface area contributed by atoms with Crippen molar-refractivity contribution < 1.29 is 9.53 Å². The molecular formula is C15H18ClN5O2. The van der Waals surface area contributed by atoms with Crippen LogP contribution in [-0.4, -0.2) is 30.0 Å². The van der Waals surface area contributed by atoms with E-state index in [-0.39, 0.29) is 5.91 Å². The number of carbonyl (C=O) groups is 1. The molecule has 0 saturated carbocycles. The number of hydrogen-bond acceptors (Lipinski definition) is 6. The predicted octanol–water partition coefficient (Wildman–Crippen LogP) is 2.75. The van der Waals surface area contributed by atoms with Crippen LogP contribution in [0.5, 0.6) is 5.75 Å². The maximum Gasteiger partial charge on any atom is 0.221 e. The summed E-state index contributed by atoms with van der Waals surface area (Å²) in [7, 11) is 3.30. The molecule has 3 N–H and O–H groups in total. The van der Waals surface area contributed by atoms with E-state index < -0.39 is 0 Å². The number of methoxy groups -OCH3 is 1. The van der Waals surface area contributed by atoms with Gasteiger partial charge in [-0.05, 0) is 17.7 Å². The van der Waals surface area contributed by atoms with Gasteiger partial charge in [-0.1, -0.05) is 17.7 Å². The Morgan fingerprint density at radius 1 is 1.35 bits per heavy atom. The van der Waals surface area contributed by atoms with Crippen molar-refractivity contribution in [3.05, 3.63) is 35.2 Å². The number of ether oxygens (including phenoxy) is 1. The fourth-order valence-electron chi connectivity index (χ4n) is 2.06. The average Bonchev–Trinajstić information content (AvgIpc) is 2.52. The molecule has 8 heteroatoms. The Hall–Kier alpha value is -2.54. The van der Waals surface area contributed by atoms with E-state index in [1.807, 2.05) is 12.1 Å². The minimum atomic E-state index is -0.159. The van der Waals surface area contributed by atoms with Crippen LogP contribution in [0.25, 0.3) is 0 Å². The first-order valence-corrected chi connectivity index (χ1v) is 7.29. The lowest BCUT2D eigenvalue weighted by molar-refractivity contribution is -0.114. The molecule has 0 radical (unpaired) electrons. The number of hydrogen-bond donors (Lipinski definition) is 3. The molecule has 2 rings (SSSR count). The summed E-state index contributed by atoms with van der Waals surface area (Å²) in [5, 5.41) is 9.24. The molecule has 2 aromatic rings. The van der Waals surface area contributed by atoms with Crippen LogP contribution in [0.15, 0.2) is 24.5 Å². The Kier molecular flexibility index (Phi) is 5.59. The Balaban J connectivity index is 2.18. The number of rotatable bonds is 6. The van der Waals surface area contributed by atoms with Crippen LogP contribution in [0.2, 0.25) is 5.15 Å². The number of nitrogens with one attached hydrogen (secondary N) is 3. The van der Waals surface area contributed by atoms with Gasteiger partial charge in [-0.15, -0.1) is 0 Å². The van der Waals surface area contributed by atoms with Crippen molar-refractivity contribution in [3.63, 3.8) is 0 Å². The van der Waals surface area contributed by atoms with Crippen LogP contribution in [-0.2, 0) is 11.3 Å². The van der Waals surface area contributed by atoms with Crippen LogP contribution in [0.1, 0.15) is 12.5 Å². The van der Waals surface area contributed by atoms with E-state index in [0.29, 0.717) is 34.6 Å². The second-order valence-corrected chi connectivity index (χ2v) is 5.07. The number of nitrogens with zero attached hydrogens (tertiary/aromatic N) is 2. The zero-order valence-electron chi connectivity index (χ0n) is 13.1. The number of benzene rings is 1.